The van der Waals surface area contributed by atoms with Crippen molar-refractivity contribution in [1.29, 1.82) is 5.26 Å². The van der Waals surface area contributed by atoms with E-state index in [1.807, 2.05) is 18.2 Å². The molecular weight excluding hydrogens is 292 g/mol. The molecule has 0 saturated carbocycles. The normalized spacial score (nSPS) is 16.6. The number of anilines is 1. The number of nitrogens with two attached hydrogens (primary N) is 1. The fraction of sp³-hybridized carbons (Fsp3) is 0.353. The molecule has 3 rings (SSSR count). The summed E-state index contributed by atoms with van der Waals surface area (Å²) in [5.74, 6) is -0.880. The van der Waals surface area contributed by atoms with Gasteiger partial charge in [0.25, 0.3) is 0 Å². The minimum Gasteiger partial charge on any atom is -0.481 e. The van der Waals surface area contributed by atoms with Crippen LogP contribution in [0.4, 0.5) is 5.69 Å². The van der Waals surface area contributed by atoms with Gasteiger partial charge >= 0.3 is 5.97 Å². The van der Waals surface area contributed by atoms with E-state index in [-0.39, 0.29) is 18.9 Å². The molecule has 118 valence electrons. The van der Waals surface area contributed by atoms with Crippen molar-refractivity contribution in [2.45, 2.75) is 38.1 Å². The van der Waals surface area contributed by atoms with Crippen LogP contribution in [0.2, 0.25) is 0 Å². The molecule has 6 nitrogen and oxygen atoms in total. The van der Waals surface area contributed by atoms with Crippen LogP contribution in [0, 0.1) is 11.3 Å². The smallest absolute Gasteiger partial charge is 0.303 e. The molecule has 1 aromatic heterocycles. The highest BCUT2D eigenvalue weighted by Crippen LogP contribution is 2.40. The molecule has 1 aliphatic carbocycles. The van der Waals surface area contributed by atoms with Gasteiger partial charge in [0.2, 0.25) is 0 Å². The number of carbonyl (C=O) groups is 1. The highest BCUT2D eigenvalue weighted by atomic mass is 16.4. The summed E-state index contributed by atoms with van der Waals surface area (Å²) < 4.78 is 1.71. The van der Waals surface area contributed by atoms with Crippen LogP contribution < -0.4 is 5.73 Å². The Labute approximate surface area is 134 Å². The lowest BCUT2D eigenvalue weighted by Crippen LogP contribution is -2.15. The van der Waals surface area contributed by atoms with Crippen LogP contribution in [0.1, 0.15) is 36.4 Å². The Hall–Kier alpha value is -2.81. The molecule has 0 aliphatic heterocycles. The van der Waals surface area contributed by atoms with E-state index in [2.05, 4.69) is 11.2 Å². The molecule has 0 fully saturated rings. The van der Waals surface area contributed by atoms with Gasteiger partial charge in [-0.1, -0.05) is 12.1 Å². The summed E-state index contributed by atoms with van der Waals surface area (Å²) in [6.45, 7) is 0.171. The second-order valence-electron chi connectivity index (χ2n) is 5.84. The fourth-order valence-corrected chi connectivity index (χ4v) is 3.38. The number of hydrogen-bond donors (Lipinski definition) is 2. The Morgan fingerprint density at radius 1 is 1.52 bits per heavy atom. The van der Waals surface area contributed by atoms with Crippen LogP contribution in [0.25, 0.3) is 11.3 Å². The number of carboxylic acids is 1. The van der Waals surface area contributed by atoms with Crippen molar-refractivity contribution in [2.75, 3.05) is 5.73 Å². The Balaban J connectivity index is 2.15. The first kappa shape index (κ1) is 15.1. The van der Waals surface area contributed by atoms with Gasteiger partial charge in [0, 0.05) is 22.5 Å². The van der Waals surface area contributed by atoms with Gasteiger partial charge in [-0.25, -0.2) is 0 Å². The standard InChI is InChI=1S/C17H18N4O2/c18-7-8-21-14-6-2-3-11(10-15(22)23)16(14)17(20-21)12-4-1-5-13(19)9-12/h1,4-5,9,11H,2-3,6,8,10,19H2,(H,22,23). The van der Waals surface area contributed by atoms with Crippen LogP contribution in [0.3, 0.4) is 0 Å². The van der Waals surface area contributed by atoms with Crippen LogP contribution in [-0.2, 0) is 17.8 Å². The van der Waals surface area contributed by atoms with Gasteiger partial charge in [-0.2, -0.15) is 10.4 Å². The second-order valence-corrected chi connectivity index (χ2v) is 5.84. The predicted molar refractivity (Wildman–Crippen MR) is 85.6 cm³/mol. The Morgan fingerprint density at radius 3 is 3.04 bits per heavy atom. The molecule has 1 atom stereocenters. The third-order valence-corrected chi connectivity index (χ3v) is 4.27. The lowest BCUT2D eigenvalue weighted by atomic mass is 9.82. The molecule has 23 heavy (non-hydrogen) atoms. The van der Waals surface area contributed by atoms with Gasteiger partial charge in [0.05, 0.1) is 18.2 Å². The van der Waals surface area contributed by atoms with Gasteiger partial charge in [-0.15, -0.1) is 0 Å². The van der Waals surface area contributed by atoms with Gasteiger partial charge in [-0.05, 0) is 37.3 Å². The van der Waals surface area contributed by atoms with Gasteiger partial charge in [0.1, 0.15) is 6.54 Å². The number of nitriles is 1. The van der Waals surface area contributed by atoms with Gasteiger partial charge in [-0.3, -0.25) is 9.48 Å². The Kier molecular flexibility index (Phi) is 4.02. The lowest BCUT2D eigenvalue weighted by molar-refractivity contribution is -0.137. The number of carboxylic acid groups (broad SMARTS) is 1. The van der Waals surface area contributed by atoms with Crippen LogP contribution in [-0.4, -0.2) is 20.9 Å². The average molecular weight is 310 g/mol. The number of benzene rings is 1. The number of hydrogen-bond acceptors (Lipinski definition) is 4. The zero-order valence-electron chi connectivity index (χ0n) is 12.7. The van der Waals surface area contributed by atoms with E-state index in [0.717, 1.165) is 41.8 Å². The van der Waals surface area contributed by atoms with E-state index >= 15 is 0 Å². The van der Waals surface area contributed by atoms with Crippen molar-refractivity contribution >= 4 is 11.7 Å². The molecule has 0 radical (unpaired) electrons. The van der Waals surface area contributed by atoms with Crippen LogP contribution in [0.15, 0.2) is 24.3 Å². The molecule has 0 spiro atoms. The zero-order chi connectivity index (χ0) is 16.4. The summed E-state index contributed by atoms with van der Waals surface area (Å²) in [4.78, 5) is 11.2. The molecule has 2 aromatic rings. The third kappa shape index (κ3) is 2.90. The summed E-state index contributed by atoms with van der Waals surface area (Å²) in [5, 5.41) is 22.8. The summed E-state index contributed by atoms with van der Waals surface area (Å²) in [6.07, 6.45) is 2.65. The van der Waals surface area contributed by atoms with E-state index in [1.54, 1.807) is 10.7 Å². The monoisotopic (exact) mass is 310 g/mol. The minimum atomic E-state index is -0.811. The summed E-state index contributed by atoms with van der Waals surface area (Å²) in [6, 6.07) is 9.54. The second kappa shape index (κ2) is 6.13. The van der Waals surface area contributed by atoms with Crippen molar-refractivity contribution in [2.24, 2.45) is 0 Å². The van der Waals surface area contributed by atoms with Crippen molar-refractivity contribution in [3.63, 3.8) is 0 Å². The Bertz CT molecular complexity index is 788. The maximum absolute atomic E-state index is 11.2. The van der Waals surface area contributed by atoms with Crippen molar-refractivity contribution in [3.05, 3.63) is 35.5 Å². The van der Waals surface area contributed by atoms with Crippen molar-refractivity contribution in [1.82, 2.24) is 9.78 Å². The molecule has 0 bridgehead atoms. The lowest BCUT2D eigenvalue weighted by Gasteiger charge is -2.22. The Morgan fingerprint density at radius 2 is 2.35 bits per heavy atom. The highest BCUT2D eigenvalue weighted by molar-refractivity contribution is 5.72. The first-order valence-corrected chi connectivity index (χ1v) is 7.64. The molecule has 6 heteroatoms. The molecular formula is C17H18N4O2. The highest BCUT2D eigenvalue weighted by Gasteiger charge is 2.30. The van der Waals surface area contributed by atoms with E-state index in [0.29, 0.717) is 5.69 Å². The minimum absolute atomic E-state index is 0.0693. The summed E-state index contributed by atoms with van der Waals surface area (Å²) >= 11 is 0. The third-order valence-electron chi connectivity index (χ3n) is 4.27. The molecule has 0 amide bonds. The maximum Gasteiger partial charge on any atom is 0.303 e. The molecule has 3 N–H and O–H groups in total. The fourth-order valence-electron chi connectivity index (χ4n) is 3.38. The quantitative estimate of drug-likeness (QED) is 0.844. The number of aliphatic carboxylic acids is 1. The van der Waals surface area contributed by atoms with Gasteiger partial charge < -0.3 is 10.8 Å². The first-order valence-electron chi connectivity index (χ1n) is 7.64. The molecule has 1 aliphatic rings. The van der Waals surface area contributed by atoms with Crippen molar-refractivity contribution in [3.8, 4) is 17.3 Å². The SMILES string of the molecule is N#CCn1nc(-c2cccc(N)c2)c2c1CCCC2CC(=O)O. The molecule has 0 saturated heterocycles. The molecule has 1 heterocycles. The number of nitrogens with zero attached hydrogens (tertiary/aromatic N) is 3. The summed E-state index contributed by atoms with van der Waals surface area (Å²) in [7, 11) is 0. The van der Waals surface area contributed by atoms with E-state index in [1.165, 1.54) is 0 Å². The van der Waals surface area contributed by atoms with E-state index < -0.39 is 5.97 Å². The number of aromatic nitrogens is 2. The van der Waals surface area contributed by atoms with Crippen LogP contribution >= 0.6 is 0 Å². The number of nitrogen functional groups attached to an aromatic ring is 1. The maximum atomic E-state index is 11.2. The number of fused-ring (bicyclic) bond motifs is 1. The van der Waals surface area contributed by atoms with E-state index in [9.17, 15) is 9.90 Å². The molecule has 1 unspecified atom stereocenters. The first-order chi connectivity index (χ1) is 11.1. The summed E-state index contributed by atoms with van der Waals surface area (Å²) in [5.41, 5.74) is 10.1. The molecule has 1 aromatic carbocycles. The number of rotatable bonds is 4. The van der Waals surface area contributed by atoms with Gasteiger partial charge in [0.15, 0.2) is 0 Å². The van der Waals surface area contributed by atoms with Crippen LogP contribution in [0.5, 0.6) is 0 Å². The largest absolute Gasteiger partial charge is 0.481 e. The zero-order valence-corrected chi connectivity index (χ0v) is 12.7. The topological polar surface area (TPSA) is 105 Å². The van der Waals surface area contributed by atoms with Crippen molar-refractivity contribution < 1.29 is 9.90 Å². The van der Waals surface area contributed by atoms with E-state index in [4.69, 9.17) is 11.0 Å². The average Bonchev–Trinajstić information content (AvgIpc) is 2.87. The predicted octanol–water partition coefficient (Wildman–Crippen LogP) is 2.55.